The molecule has 1 spiro atoms. The van der Waals surface area contributed by atoms with Gasteiger partial charge in [-0.1, -0.05) is 55.7 Å². The first-order valence-corrected chi connectivity index (χ1v) is 19.2. The summed E-state index contributed by atoms with van der Waals surface area (Å²) in [6, 6.07) is 9.92. The number of rotatable bonds is 5. The first-order valence-electron chi connectivity index (χ1n) is 19.2. The molecule has 7 atom stereocenters. The molecule has 2 heterocycles. The molecule has 7 nitrogen and oxygen atoms in total. The van der Waals surface area contributed by atoms with Gasteiger partial charge < -0.3 is 34.1 Å². The van der Waals surface area contributed by atoms with Gasteiger partial charge >= 0.3 is 0 Å². The molecule has 1 aromatic rings. The molecule has 8 rings (SSSR count). The molecule has 7 unspecified atom stereocenters. The van der Waals surface area contributed by atoms with Crippen LogP contribution in [0.15, 0.2) is 35.4 Å². The highest BCUT2D eigenvalue weighted by atomic mass is 16.7. The maximum absolute atomic E-state index is 12.5. The van der Waals surface area contributed by atoms with E-state index in [2.05, 4.69) is 55.0 Å². The Morgan fingerprint density at radius 1 is 0.896 bits per heavy atom. The summed E-state index contributed by atoms with van der Waals surface area (Å²) >= 11 is 0. The fourth-order valence-corrected chi connectivity index (χ4v) is 11.3. The number of anilines is 1. The van der Waals surface area contributed by atoms with E-state index in [-0.39, 0.29) is 24.2 Å². The standard InChI is InChI=1S/C41H57NO6/c1-38-27-33(29-12-14-31(15-13-29)42(2)30-9-4-3-5-10-30)37-32(16-20-39(43)28-41(22-18-35(37)39)47-25-26-48-41)34(38)17-21-40(38,44)19-8-24-46-36-11-6-7-23-45-36/h12-15,30,32-34,36,43-44H,3-7,9-11,16-18,20-28H2,1-2H3. The van der Waals surface area contributed by atoms with Crippen LogP contribution in [-0.2, 0) is 18.9 Å². The molecule has 0 bridgehead atoms. The summed E-state index contributed by atoms with van der Waals surface area (Å²) in [6.45, 7) is 4.55. The van der Waals surface area contributed by atoms with Crippen molar-refractivity contribution in [1.29, 1.82) is 0 Å². The molecule has 0 amide bonds. The fourth-order valence-electron chi connectivity index (χ4n) is 11.3. The number of fused-ring (bicyclic) bond motifs is 4. The summed E-state index contributed by atoms with van der Waals surface area (Å²) < 4.78 is 24.0. The fraction of sp³-hybridized carbons (Fsp3) is 0.756. The quantitative estimate of drug-likeness (QED) is 0.260. The Morgan fingerprint density at radius 3 is 2.42 bits per heavy atom. The van der Waals surface area contributed by atoms with Gasteiger partial charge in [0.2, 0.25) is 0 Å². The van der Waals surface area contributed by atoms with Crippen LogP contribution in [0.5, 0.6) is 0 Å². The number of ether oxygens (including phenoxy) is 4. The zero-order valence-electron chi connectivity index (χ0n) is 29.3. The lowest BCUT2D eigenvalue weighted by atomic mass is 9.49. The van der Waals surface area contributed by atoms with Crippen LogP contribution < -0.4 is 4.90 Å². The lowest BCUT2D eigenvalue weighted by molar-refractivity contribution is -0.208. The minimum atomic E-state index is -1.08. The number of benzene rings is 1. The summed E-state index contributed by atoms with van der Waals surface area (Å²) in [5, 5.41) is 24.9. The van der Waals surface area contributed by atoms with E-state index in [1.807, 2.05) is 0 Å². The summed E-state index contributed by atoms with van der Waals surface area (Å²) in [6.07, 6.45) is 15.6. The van der Waals surface area contributed by atoms with Crippen LogP contribution in [0, 0.1) is 29.1 Å². The van der Waals surface area contributed by atoms with Gasteiger partial charge in [0.1, 0.15) is 12.2 Å². The molecule has 4 saturated carbocycles. The molecule has 2 N–H and O–H groups in total. The van der Waals surface area contributed by atoms with Crippen LogP contribution >= 0.6 is 0 Å². The van der Waals surface area contributed by atoms with Crippen molar-refractivity contribution in [3.05, 3.63) is 41.0 Å². The van der Waals surface area contributed by atoms with Crippen LogP contribution in [0.25, 0.3) is 0 Å². The minimum absolute atomic E-state index is 0.116. The lowest BCUT2D eigenvalue weighted by Crippen LogP contribution is -2.55. The van der Waals surface area contributed by atoms with Gasteiger partial charge in [-0.15, -0.1) is 0 Å². The summed E-state index contributed by atoms with van der Waals surface area (Å²) in [5.41, 5.74) is 2.89. The topological polar surface area (TPSA) is 80.6 Å². The zero-order chi connectivity index (χ0) is 33.0. The Kier molecular flexibility index (Phi) is 9.00. The average Bonchev–Trinajstić information content (AvgIpc) is 3.67. The van der Waals surface area contributed by atoms with Crippen molar-refractivity contribution in [3.8, 4) is 11.8 Å². The Bertz CT molecular complexity index is 1410. The minimum Gasteiger partial charge on any atom is -0.385 e. The van der Waals surface area contributed by atoms with Crippen molar-refractivity contribution in [2.24, 2.45) is 17.3 Å². The van der Waals surface area contributed by atoms with Crippen LogP contribution in [0.1, 0.15) is 121 Å². The average molecular weight is 660 g/mol. The third-order valence-corrected chi connectivity index (χ3v) is 14.0. The summed E-state index contributed by atoms with van der Waals surface area (Å²) in [7, 11) is 2.26. The molecular weight excluding hydrogens is 602 g/mol. The van der Waals surface area contributed by atoms with E-state index in [4.69, 9.17) is 18.9 Å². The third kappa shape index (κ3) is 5.77. The Labute approximate surface area is 287 Å². The van der Waals surface area contributed by atoms with Gasteiger partial charge in [0.15, 0.2) is 12.1 Å². The Hall–Kier alpha value is -1.92. The molecule has 262 valence electrons. The van der Waals surface area contributed by atoms with E-state index in [9.17, 15) is 10.2 Å². The van der Waals surface area contributed by atoms with E-state index in [0.29, 0.717) is 50.4 Å². The smallest absolute Gasteiger partial charge is 0.171 e. The largest absolute Gasteiger partial charge is 0.385 e. The second-order valence-corrected chi connectivity index (χ2v) is 16.5. The SMILES string of the molecule is CN(c1ccc(C2CC3(C)C(CCC3(O)C#CCOC3CCCCO3)C3CCC4(O)CC5(CCC4=C23)OCCO5)cc1)C1CCCCC1. The zero-order valence-corrected chi connectivity index (χ0v) is 29.3. The Morgan fingerprint density at radius 2 is 1.67 bits per heavy atom. The molecule has 48 heavy (non-hydrogen) atoms. The number of nitrogens with zero attached hydrogens (tertiary/aromatic N) is 1. The van der Waals surface area contributed by atoms with Crippen molar-refractivity contribution in [2.75, 3.05) is 38.4 Å². The van der Waals surface area contributed by atoms with E-state index in [1.165, 1.54) is 54.5 Å². The van der Waals surface area contributed by atoms with Crippen molar-refractivity contribution in [2.45, 2.75) is 145 Å². The van der Waals surface area contributed by atoms with Crippen molar-refractivity contribution in [1.82, 2.24) is 0 Å². The van der Waals surface area contributed by atoms with Gasteiger partial charge in [-0.3, -0.25) is 0 Å². The molecule has 7 aliphatic rings. The van der Waals surface area contributed by atoms with Crippen molar-refractivity contribution in [3.63, 3.8) is 0 Å². The molecule has 2 aliphatic heterocycles. The number of hydrogen-bond donors (Lipinski definition) is 2. The molecule has 5 aliphatic carbocycles. The highest BCUT2D eigenvalue weighted by Gasteiger charge is 2.64. The second kappa shape index (κ2) is 13.0. The Balaban J connectivity index is 1.12. The number of aliphatic hydroxyl groups is 2. The highest BCUT2D eigenvalue weighted by Crippen LogP contribution is 2.68. The van der Waals surface area contributed by atoms with Crippen LogP contribution in [-0.4, -0.2) is 73.0 Å². The first-order chi connectivity index (χ1) is 23.2. The first kappa shape index (κ1) is 33.2. The second-order valence-electron chi connectivity index (χ2n) is 16.5. The van der Waals surface area contributed by atoms with E-state index in [1.54, 1.807) is 0 Å². The number of allylic oxidation sites excluding steroid dienone is 1. The third-order valence-electron chi connectivity index (χ3n) is 14.0. The lowest BCUT2D eigenvalue weighted by Gasteiger charge is -2.57. The number of hydrogen-bond acceptors (Lipinski definition) is 7. The van der Waals surface area contributed by atoms with Gasteiger partial charge in [0.05, 0.1) is 18.8 Å². The molecule has 2 saturated heterocycles. The predicted octanol–water partition coefficient (Wildman–Crippen LogP) is 7.00. The van der Waals surface area contributed by atoms with Gasteiger partial charge in [-0.05, 0) is 106 Å². The van der Waals surface area contributed by atoms with E-state index >= 15 is 0 Å². The van der Waals surface area contributed by atoms with Gasteiger partial charge in [-0.2, -0.15) is 0 Å². The predicted molar refractivity (Wildman–Crippen MR) is 185 cm³/mol. The van der Waals surface area contributed by atoms with Gasteiger partial charge in [0.25, 0.3) is 0 Å². The molecule has 6 fully saturated rings. The van der Waals surface area contributed by atoms with Crippen LogP contribution in [0.3, 0.4) is 0 Å². The molecular formula is C41H57NO6. The van der Waals surface area contributed by atoms with Crippen molar-refractivity contribution < 1.29 is 29.2 Å². The van der Waals surface area contributed by atoms with Crippen molar-refractivity contribution >= 4 is 5.69 Å². The maximum Gasteiger partial charge on any atom is 0.171 e. The van der Waals surface area contributed by atoms with E-state index in [0.717, 1.165) is 58.0 Å². The molecule has 7 heteroatoms. The normalized spacial score (nSPS) is 39.3. The maximum atomic E-state index is 12.5. The summed E-state index contributed by atoms with van der Waals surface area (Å²) in [4.78, 5) is 2.49. The van der Waals surface area contributed by atoms with Crippen LogP contribution in [0.2, 0.25) is 0 Å². The highest BCUT2D eigenvalue weighted by molar-refractivity contribution is 5.51. The van der Waals surface area contributed by atoms with Gasteiger partial charge in [0, 0.05) is 49.6 Å². The molecule has 0 radical (unpaired) electrons. The van der Waals surface area contributed by atoms with E-state index < -0.39 is 17.0 Å². The summed E-state index contributed by atoms with van der Waals surface area (Å²) in [5.74, 6) is 6.72. The molecule has 1 aromatic carbocycles. The molecule has 0 aromatic heterocycles. The monoisotopic (exact) mass is 659 g/mol. The van der Waals surface area contributed by atoms with Crippen LogP contribution in [0.4, 0.5) is 5.69 Å². The van der Waals surface area contributed by atoms with Gasteiger partial charge in [-0.25, -0.2) is 0 Å².